The molecule has 174 valence electrons. The van der Waals surface area contributed by atoms with E-state index in [4.69, 9.17) is 0 Å². The summed E-state index contributed by atoms with van der Waals surface area (Å²) in [6.07, 6.45) is -3.67. The lowest BCUT2D eigenvalue weighted by Crippen LogP contribution is -2.50. The molecule has 6 nitrogen and oxygen atoms in total. The number of alkyl halides is 3. The van der Waals surface area contributed by atoms with E-state index in [9.17, 15) is 18.0 Å². The molecular formula is C22H34F3N5O. The molecule has 0 aromatic heterocycles. The first kappa shape index (κ1) is 25.0. The number of piperazine rings is 1. The number of guanidine groups is 1. The molecule has 1 atom stereocenters. The van der Waals surface area contributed by atoms with Crippen molar-refractivity contribution in [1.82, 2.24) is 20.4 Å². The van der Waals surface area contributed by atoms with Crippen molar-refractivity contribution in [2.45, 2.75) is 39.3 Å². The fourth-order valence-electron chi connectivity index (χ4n) is 3.52. The molecule has 1 aliphatic heterocycles. The van der Waals surface area contributed by atoms with Crippen molar-refractivity contribution < 1.29 is 18.0 Å². The molecule has 1 saturated heterocycles. The quantitative estimate of drug-likeness (QED) is 0.481. The number of rotatable bonds is 8. The van der Waals surface area contributed by atoms with Gasteiger partial charge in [-0.25, -0.2) is 0 Å². The Balaban J connectivity index is 1.78. The SMILES string of the molecule is CCNC(=NCCC(C)c1cccc(C(F)(F)F)c1)NCCN1CCN(C(C)=O)CC1. The number of benzene rings is 1. The van der Waals surface area contributed by atoms with Gasteiger partial charge in [0.25, 0.3) is 0 Å². The number of amides is 1. The lowest BCUT2D eigenvalue weighted by molar-refractivity contribution is -0.137. The maximum atomic E-state index is 12.9. The number of carbonyl (C=O) groups is 1. The normalized spacial score (nSPS) is 16.8. The molecule has 0 bridgehead atoms. The van der Waals surface area contributed by atoms with Gasteiger partial charge in [0.15, 0.2) is 5.96 Å². The second kappa shape index (κ2) is 11.9. The molecular weight excluding hydrogens is 407 g/mol. The van der Waals surface area contributed by atoms with E-state index in [-0.39, 0.29) is 11.8 Å². The van der Waals surface area contributed by atoms with Gasteiger partial charge in [0.2, 0.25) is 5.91 Å². The topological polar surface area (TPSA) is 60.0 Å². The van der Waals surface area contributed by atoms with Gasteiger partial charge in [0, 0.05) is 59.3 Å². The van der Waals surface area contributed by atoms with Gasteiger partial charge >= 0.3 is 6.18 Å². The molecule has 0 saturated carbocycles. The number of halogens is 3. The molecule has 0 aliphatic carbocycles. The molecule has 31 heavy (non-hydrogen) atoms. The molecule has 1 unspecified atom stereocenters. The Bertz CT molecular complexity index is 730. The summed E-state index contributed by atoms with van der Waals surface area (Å²) in [7, 11) is 0. The highest BCUT2D eigenvalue weighted by molar-refractivity contribution is 5.79. The van der Waals surface area contributed by atoms with E-state index in [0.29, 0.717) is 24.5 Å². The zero-order chi connectivity index (χ0) is 22.9. The Morgan fingerprint density at radius 3 is 2.52 bits per heavy atom. The summed E-state index contributed by atoms with van der Waals surface area (Å²) in [5, 5.41) is 6.52. The number of hydrogen-bond donors (Lipinski definition) is 2. The minimum absolute atomic E-state index is 0.0218. The highest BCUT2D eigenvalue weighted by atomic mass is 19.4. The second-order valence-corrected chi connectivity index (χ2v) is 7.85. The highest BCUT2D eigenvalue weighted by Crippen LogP contribution is 2.31. The molecule has 1 fully saturated rings. The van der Waals surface area contributed by atoms with Crippen LogP contribution in [-0.2, 0) is 11.0 Å². The molecule has 2 N–H and O–H groups in total. The Morgan fingerprint density at radius 2 is 1.90 bits per heavy atom. The Morgan fingerprint density at radius 1 is 1.19 bits per heavy atom. The van der Waals surface area contributed by atoms with Crippen LogP contribution in [0.1, 0.15) is 44.2 Å². The molecule has 0 spiro atoms. The number of hydrogen-bond acceptors (Lipinski definition) is 3. The third-order valence-corrected chi connectivity index (χ3v) is 5.50. The van der Waals surface area contributed by atoms with Gasteiger partial charge in [-0.05, 0) is 30.9 Å². The van der Waals surface area contributed by atoms with Crippen molar-refractivity contribution in [3.05, 3.63) is 35.4 Å². The predicted molar refractivity (Wildman–Crippen MR) is 117 cm³/mol. The minimum Gasteiger partial charge on any atom is -0.357 e. The largest absolute Gasteiger partial charge is 0.416 e. The number of aliphatic imine (C=N–C) groups is 1. The van der Waals surface area contributed by atoms with E-state index in [1.807, 2.05) is 18.7 Å². The first-order chi connectivity index (χ1) is 14.7. The molecule has 1 aromatic rings. The van der Waals surface area contributed by atoms with Crippen LogP contribution in [0, 0.1) is 0 Å². The van der Waals surface area contributed by atoms with Gasteiger partial charge in [-0.2, -0.15) is 13.2 Å². The van der Waals surface area contributed by atoms with Crippen molar-refractivity contribution in [1.29, 1.82) is 0 Å². The van der Waals surface area contributed by atoms with Gasteiger partial charge in [0.1, 0.15) is 0 Å². The Hall–Kier alpha value is -2.29. The molecule has 1 heterocycles. The fraction of sp³-hybridized carbons (Fsp3) is 0.636. The molecule has 1 aromatic carbocycles. The summed E-state index contributed by atoms with van der Waals surface area (Å²) in [6, 6.07) is 5.52. The summed E-state index contributed by atoms with van der Waals surface area (Å²) in [5.41, 5.74) is 0.0622. The lowest BCUT2D eigenvalue weighted by Gasteiger charge is -2.34. The second-order valence-electron chi connectivity index (χ2n) is 7.85. The lowest BCUT2D eigenvalue weighted by atomic mass is 9.96. The molecule has 9 heteroatoms. The summed E-state index contributed by atoms with van der Waals surface area (Å²) >= 11 is 0. The van der Waals surface area contributed by atoms with Crippen LogP contribution in [0.4, 0.5) is 13.2 Å². The monoisotopic (exact) mass is 441 g/mol. The number of carbonyl (C=O) groups excluding carboxylic acids is 1. The number of nitrogens with one attached hydrogen (secondary N) is 2. The van der Waals surface area contributed by atoms with E-state index in [1.165, 1.54) is 12.1 Å². The summed E-state index contributed by atoms with van der Waals surface area (Å²) in [6.45, 7) is 11.6. The number of nitrogens with zero attached hydrogens (tertiary/aromatic N) is 3. The summed E-state index contributed by atoms with van der Waals surface area (Å²) < 4.78 is 38.8. The maximum absolute atomic E-state index is 12.9. The molecule has 1 aliphatic rings. The predicted octanol–water partition coefficient (Wildman–Crippen LogP) is 2.92. The highest BCUT2D eigenvalue weighted by Gasteiger charge is 2.30. The van der Waals surface area contributed by atoms with Crippen molar-refractivity contribution in [3.8, 4) is 0 Å². The fourth-order valence-corrected chi connectivity index (χ4v) is 3.52. The average molecular weight is 442 g/mol. The van der Waals surface area contributed by atoms with Gasteiger partial charge in [-0.3, -0.25) is 14.7 Å². The van der Waals surface area contributed by atoms with Crippen LogP contribution in [0.15, 0.2) is 29.3 Å². The maximum Gasteiger partial charge on any atom is 0.416 e. The van der Waals surface area contributed by atoms with Crippen LogP contribution in [0.3, 0.4) is 0 Å². The standard InChI is InChI=1S/C22H34F3N5O/c1-4-26-21(28-10-11-29-12-14-30(15-13-29)18(3)31)27-9-8-17(2)19-6-5-7-20(16-19)22(23,24)25/h5-7,16-17H,4,8-15H2,1-3H3,(H2,26,27,28). The van der Waals surface area contributed by atoms with Crippen LogP contribution < -0.4 is 10.6 Å². The molecule has 1 amide bonds. The smallest absolute Gasteiger partial charge is 0.357 e. The van der Waals surface area contributed by atoms with E-state index in [1.54, 1.807) is 13.0 Å². The van der Waals surface area contributed by atoms with E-state index in [2.05, 4.69) is 20.5 Å². The van der Waals surface area contributed by atoms with Crippen LogP contribution in [0.25, 0.3) is 0 Å². The summed E-state index contributed by atoms with van der Waals surface area (Å²) in [4.78, 5) is 20.1. The average Bonchev–Trinajstić information content (AvgIpc) is 2.73. The van der Waals surface area contributed by atoms with Crippen molar-refractivity contribution in [2.24, 2.45) is 4.99 Å². The van der Waals surface area contributed by atoms with Crippen LogP contribution in [0.5, 0.6) is 0 Å². The van der Waals surface area contributed by atoms with E-state index < -0.39 is 11.7 Å². The third kappa shape index (κ3) is 8.40. The van der Waals surface area contributed by atoms with Gasteiger partial charge in [0.05, 0.1) is 5.56 Å². The van der Waals surface area contributed by atoms with Gasteiger partial charge < -0.3 is 15.5 Å². The zero-order valence-electron chi connectivity index (χ0n) is 18.6. The third-order valence-electron chi connectivity index (χ3n) is 5.50. The van der Waals surface area contributed by atoms with E-state index in [0.717, 1.165) is 51.9 Å². The zero-order valence-corrected chi connectivity index (χ0v) is 18.6. The molecule has 2 rings (SSSR count). The Labute approximate surface area is 182 Å². The van der Waals surface area contributed by atoms with Crippen molar-refractivity contribution in [3.63, 3.8) is 0 Å². The van der Waals surface area contributed by atoms with Crippen molar-refractivity contribution >= 4 is 11.9 Å². The van der Waals surface area contributed by atoms with Crippen LogP contribution in [-0.4, -0.2) is 74.0 Å². The van der Waals surface area contributed by atoms with Gasteiger partial charge in [-0.15, -0.1) is 0 Å². The first-order valence-electron chi connectivity index (χ1n) is 10.9. The van der Waals surface area contributed by atoms with Crippen LogP contribution in [0.2, 0.25) is 0 Å². The van der Waals surface area contributed by atoms with E-state index >= 15 is 0 Å². The van der Waals surface area contributed by atoms with Crippen molar-refractivity contribution in [2.75, 3.05) is 52.4 Å². The minimum atomic E-state index is -4.32. The summed E-state index contributed by atoms with van der Waals surface area (Å²) in [5.74, 6) is 0.811. The van der Waals surface area contributed by atoms with Gasteiger partial charge in [-0.1, -0.05) is 25.1 Å². The first-order valence-corrected chi connectivity index (χ1v) is 10.9. The molecule has 0 radical (unpaired) electrons. The Kier molecular flexibility index (Phi) is 9.61. The van der Waals surface area contributed by atoms with Crippen LogP contribution >= 0.6 is 0 Å².